The first kappa shape index (κ1) is 29.0. The number of nitrogens with zero attached hydrogens (tertiary/aromatic N) is 2. The number of hydrogen-bond donors (Lipinski definition) is 0. The number of hydrogen-bond acceptors (Lipinski definition) is 6. The van der Waals surface area contributed by atoms with Gasteiger partial charge >= 0.3 is 5.97 Å². The molecule has 3 aromatic carbocycles. The second kappa shape index (κ2) is 12.6. The molecule has 0 saturated carbocycles. The van der Waals surface area contributed by atoms with Crippen molar-refractivity contribution in [3.63, 3.8) is 0 Å². The molecule has 0 spiro atoms. The molecule has 0 radical (unpaired) electrons. The van der Waals surface area contributed by atoms with E-state index < -0.39 is 12.0 Å². The van der Waals surface area contributed by atoms with Crippen molar-refractivity contribution in [3.8, 4) is 5.75 Å². The molecule has 6 nitrogen and oxygen atoms in total. The zero-order valence-electron chi connectivity index (χ0n) is 21.5. The zero-order valence-corrected chi connectivity index (χ0v) is 27.4. The summed E-state index contributed by atoms with van der Waals surface area (Å²) in [5.74, 6) is 0.277. The predicted octanol–water partition coefficient (Wildman–Crippen LogP) is 6.24. The van der Waals surface area contributed by atoms with Crippen molar-refractivity contribution in [2.75, 3.05) is 7.11 Å². The van der Waals surface area contributed by atoms with Crippen LogP contribution in [-0.2, 0) is 16.1 Å². The third kappa shape index (κ3) is 5.79. The number of carbonyl (C=O) groups excluding carboxylic acids is 1. The van der Waals surface area contributed by atoms with Gasteiger partial charge in [0.25, 0.3) is 5.56 Å². The largest absolute Gasteiger partial charge is 0.487 e. The lowest BCUT2D eigenvalue weighted by molar-refractivity contribution is -0.136. The number of fused-ring (bicyclic) bond motifs is 1. The molecule has 0 fully saturated rings. The van der Waals surface area contributed by atoms with Crippen LogP contribution in [0, 0.1) is 7.14 Å². The molecule has 0 saturated heterocycles. The topological polar surface area (TPSA) is 69.9 Å². The molecule has 0 aliphatic carbocycles. The summed E-state index contributed by atoms with van der Waals surface area (Å²) in [6.45, 7) is 2.29. The van der Waals surface area contributed by atoms with Gasteiger partial charge in [0.1, 0.15) is 12.4 Å². The van der Waals surface area contributed by atoms with Crippen LogP contribution in [0.2, 0.25) is 5.02 Å². The second-order valence-electron chi connectivity index (χ2n) is 8.89. The van der Waals surface area contributed by atoms with E-state index in [1.165, 1.54) is 18.4 Å². The summed E-state index contributed by atoms with van der Waals surface area (Å²) in [5.41, 5.74) is 3.39. The molecule has 0 amide bonds. The SMILES string of the molecule is CCC1=C(C(=O)OC)[C@@H](c2ccccc2)n2c(s/c(=C\c3cc(I)c(OCc4ccccc4Cl)c(I)c3)c2=O)=N1. The molecular formula is C30H23ClI2N2O4S. The fourth-order valence-corrected chi connectivity index (χ4v) is 7.87. The number of ether oxygens (including phenoxy) is 2. The van der Waals surface area contributed by atoms with Crippen LogP contribution in [0.25, 0.3) is 6.08 Å². The van der Waals surface area contributed by atoms with Gasteiger partial charge in [-0.3, -0.25) is 9.36 Å². The molecule has 1 atom stereocenters. The van der Waals surface area contributed by atoms with Gasteiger partial charge in [-0.15, -0.1) is 0 Å². The normalized spacial score (nSPS) is 15.0. The third-order valence-corrected chi connectivity index (χ3v) is 9.37. The quantitative estimate of drug-likeness (QED) is 0.164. The maximum Gasteiger partial charge on any atom is 0.338 e. The van der Waals surface area contributed by atoms with Crippen molar-refractivity contribution in [1.82, 2.24) is 4.57 Å². The van der Waals surface area contributed by atoms with E-state index in [0.29, 0.717) is 38.7 Å². The standard InChI is InChI=1S/C30H23ClI2N2O4S/c1-3-23-25(29(37)38-2)26(18-9-5-4-6-10-18)35-28(36)24(40-30(35)34-23)15-17-13-21(32)27(22(33)14-17)39-16-19-11-7-8-12-20(19)31/h4-15,26H,3,16H2,1-2H3/b24-15-/t26-/m1/s1. The highest BCUT2D eigenvalue weighted by Crippen LogP contribution is 2.32. The number of esters is 1. The number of aromatic nitrogens is 1. The van der Waals surface area contributed by atoms with Crippen LogP contribution >= 0.6 is 68.1 Å². The van der Waals surface area contributed by atoms with E-state index >= 15 is 0 Å². The Morgan fingerprint density at radius 3 is 2.42 bits per heavy atom. The highest BCUT2D eigenvalue weighted by Gasteiger charge is 2.33. The van der Waals surface area contributed by atoms with Crippen LogP contribution in [0.15, 0.2) is 87.8 Å². The second-order valence-corrected chi connectivity index (χ2v) is 12.6. The lowest BCUT2D eigenvalue weighted by Crippen LogP contribution is -2.40. The lowest BCUT2D eigenvalue weighted by atomic mass is 9.95. The Balaban J connectivity index is 1.57. The number of benzene rings is 3. The van der Waals surface area contributed by atoms with Gasteiger partial charge in [-0.05, 0) is 87.0 Å². The van der Waals surface area contributed by atoms with Crippen molar-refractivity contribution in [3.05, 3.63) is 127 Å². The maximum atomic E-state index is 13.8. The fourth-order valence-electron chi connectivity index (χ4n) is 4.53. The Labute approximate surface area is 267 Å². The summed E-state index contributed by atoms with van der Waals surface area (Å²) in [5, 5.41) is 0.662. The summed E-state index contributed by atoms with van der Waals surface area (Å²) in [4.78, 5) is 32.1. The minimum atomic E-state index is -0.622. The Kier molecular flexibility index (Phi) is 9.13. The molecule has 4 aromatic rings. The molecule has 2 heterocycles. The lowest BCUT2D eigenvalue weighted by Gasteiger charge is -2.25. The van der Waals surface area contributed by atoms with Gasteiger partial charge in [0.15, 0.2) is 4.80 Å². The third-order valence-electron chi connectivity index (χ3n) is 6.41. The van der Waals surface area contributed by atoms with E-state index in [9.17, 15) is 9.59 Å². The molecule has 5 rings (SSSR count). The van der Waals surface area contributed by atoms with Gasteiger partial charge in [-0.2, -0.15) is 0 Å². The Morgan fingerprint density at radius 2 is 1.77 bits per heavy atom. The first-order valence-electron chi connectivity index (χ1n) is 12.4. The summed E-state index contributed by atoms with van der Waals surface area (Å²) in [6, 6.07) is 20.5. The van der Waals surface area contributed by atoms with Crippen LogP contribution in [0.4, 0.5) is 0 Å². The first-order valence-corrected chi connectivity index (χ1v) is 15.7. The van der Waals surface area contributed by atoms with Crippen LogP contribution in [0.3, 0.4) is 0 Å². The van der Waals surface area contributed by atoms with Crippen LogP contribution < -0.4 is 19.6 Å². The summed E-state index contributed by atoms with van der Waals surface area (Å²) in [6.07, 6.45) is 2.40. The molecule has 204 valence electrons. The molecule has 1 aliphatic rings. The number of carbonyl (C=O) groups is 1. The summed E-state index contributed by atoms with van der Waals surface area (Å²) >= 11 is 12.1. The van der Waals surface area contributed by atoms with Crippen LogP contribution in [0.5, 0.6) is 5.75 Å². The maximum absolute atomic E-state index is 13.8. The molecule has 1 aromatic heterocycles. The average molecular weight is 797 g/mol. The first-order chi connectivity index (χ1) is 19.3. The minimum Gasteiger partial charge on any atom is -0.487 e. The van der Waals surface area contributed by atoms with Gasteiger partial charge in [-0.25, -0.2) is 9.79 Å². The van der Waals surface area contributed by atoms with Crippen LogP contribution in [-0.4, -0.2) is 17.6 Å². The van der Waals surface area contributed by atoms with Crippen molar-refractivity contribution >= 4 is 80.2 Å². The Bertz CT molecular complexity index is 1790. The average Bonchev–Trinajstić information content (AvgIpc) is 3.26. The van der Waals surface area contributed by atoms with Crippen LogP contribution in [0.1, 0.15) is 36.1 Å². The molecule has 10 heteroatoms. The minimum absolute atomic E-state index is 0.210. The molecule has 1 aliphatic heterocycles. The van der Waals surface area contributed by atoms with E-state index in [-0.39, 0.29) is 5.56 Å². The fraction of sp³-hybridized carbons (Fsp3) is 0.167. The Morgan fingerprint density at radius 1 is 1.10 bits per heavy atom. The summed E-state index contributed by atoms with van der Waals surface area (Å²) < 4.78 is 15.2. The molecule has 40 heavy (non-hydrogen) atoms. The van der Waals surface area contributed by atoms with Crippen molar-refractivity contribution in [2.45, 2.75) is 26.0 Å². The predicted molar refractivity (Wildman–Crippen MR) is 175 cm³/mol. The number of methoxy groups -OCH3 is 1. The number of thiazole rings is 1. The summed E-state index contributed by atoms with van der Waals surface area (Å²) in [7, 11) is 1.35. The van der Waals surface area contributed by atoms with E-state index in [1.54, 1.807) is 4.57 Å². The highest BCUT2D eigenvalue weighted by molar-refractivity contribution is 14.1. The van der Waals surface area contributed by atoms with E-state index in [0.717, 1.165) is 29.6 Å². The van der Waals surface area contributed by atoms with E-state index in [1.807, 2.05) is 79.7 Å². The van der Waals surface area contributed by atoms with Crippen molar-refractivity contribution in [2.24, 2.45) is 4.99 Å². The van der Waals surface area contributed by atoms with Crippen molar-refractivity contribution in [1.29, 1.82) is 0 Å². The van der Waals surface area contributed by atoms with Gasteiger partial charge < -0.3 is 9.47 Å². The monoisotopic (exact) mass is 796 g/mol. The Hall–Kier alpha value is -2.48. The molecule has 0 bridgehead atoms. The van der Waals surface area contributed by atoms with Gasteiger partial charge in [0, 0.05) is 10.6 Å². The van der Waals surface area contributed by atoms with Gasteiger partial charge in [0.2, 0.25) is 0 Å². The van der Waals surface area contributed by atoms with E-state index in [4.69, 9.17) is 26.1 Å². The van der Waals surface area contributed by atoms with E-state index in [2.05, 4.69) is 45.2 Å². The highest BCUT2D eigenvalue weighted by atomic mass is 127. The van der Waals surface area contributed by atoms with Gasteiger partial charge in [-0.1, -0.05) is 78.4 Å². The van der Waals surface area contributed by atoms with Crippen molar-refractivity contribution < 1.29 is 14.3 Å². The molecular weight excluding hydrogens is 774 g/mol. The zero-order chi connectivity index (χ0) is 28.4. The molecule has 0 unspecified atom stereocenters. The number of rotatable bonds is 7. The molecule has 0 N–H and O–H groups in total. The number of halogens is 3. The smallest absolute Gasteiger partial charge is 0.338 e. The number of allylic oxidation sites excluding steroid dienone is 1. The van der Waals surface area contributed by atoms with Gasteiger partial charge in [0.05, 0.1) is 36.1 Å².